The Morgan fingerprint density at radius 2 is 1.91 bits per heavy atom. The number of hydrogen-bond donors (Lipinski definition) is 1. The van der Waals surface area contributed by atoms with Crippen LogP contribution in [-0.4, -0.2) is 53.3 Å². The number of carbonyl (C=O) groups is 2. The second-order valence-electron chi connectivity index (χ2n) is 8.19. The normalized spacial score (nSPS) is 12.6. The summed E-state index contributed by atoms with van der Waals surface area (Å²) in [4.78, 5) is 29.6. The summed E-state index contributed by atoms with van der Waals surface area (Å²) >= 11 is 0. The molecule has 3 heterocycles. The summed E-state index contributed by atoms with van der Waals surface area (Å²) in [5.74, 6) is -0.591. The smallest absolute Gasteiger partial charge is 0.408 e. The second-order valence-corrected chi connectivity index (χ2v) is 8.19. The van der Waals surface area contributed by atoms with Crippen LogP contribution in [0.5, 0.6) is 0 Å². The summed E-state index contributed by atoms with van der Waals surface area (Å²) in [5.41, 5.74) is 1.24. The van der Waals surface area contributed by atoms with Gasteiger partial charge in [-0.3, -0.25) is 0 Å². The molecule has 1 amide bonds. The standard InChI is InChI=1S/C21H23N7O4/c1-21(2,3)32-20(30)23-16(19(29)31-12-14-7-5-4-6-8-14)11-27-10-9-15-17(27)22-13-28-18(15)24-25-26-28/h4-10,13,16H,11-12H2,1-3H3,(H,23,30)/t16-/m0/s1. The van der Waals surface area contributed by atoms with E-state index in [-0.39, 0.29) is 13.2 Å². The zero-order valence-corrected chi connectivity index (χ0v) is 17.9. The van der Waals surface area contributed by atoms with Crippen molar-refractivity contribution >= 4 is 28.7 Å². The SMILES string of the molecule is CC(C)(C)OC(=O)N[C@@H](Cn1ccc2c1ncn1nnnc21)C(=O)OCc1ccccc1. The largest absolute Gasteiger partial charge is 0.459 e. The monoisotopic (exact) mass is 437 g/mol. The molecule has 4 aromatic rings. The van der Waals surface area contributed by atoms with Gasteiger partial charge >= 0.3 is 12.1 Å². The van der Waals surface area contributed by atoms with Crippen molar-refractivity contribution in [2.75, 3.05) is 0 Å². The average molecular weight is 437 g/mol. The molecule has 0 fully saturated rings. The number of aromatic nitrogens is 6. The van der Waals surface area contributed by atoms with Gasteiger partial charge in [-0.2, -0.15) is 4.52 Å². The molecule has 32 heavy (non-hydrogen) atoms. The van der Waals surface area contributed by atoms with Gasteiger partial charge < -0.3 is 19.4 Å². The molecule has 166 valence electrons. The summed E-state index contributed by atoms with van der Waals surface area (Å²) in [6, 6.07) is 10.1. The Morgan fingerprint density at radius 1 is 1.12 bits per heavy atom. The summed E-state index contributed by atoms with van der Waals surface area (Å²) in [6.45, 7) is 5.41. The summed E-state index contributed by atoms with van der Waals surface area (Å²) in [6.07, 6.45) is 2.52. The van der Waals surface area contributed by atoms with E-state index in [1.807, 2.05) is 30.3 Å². The number of ether oxygens (including phenoxy) is 2. The van der Waals surface area contributed by atoms with Crippen molar-refractivity contribution in [3.05, 3.63) is 54.5 Å². The van der Waals surface area contributed by atoms with Crippen molar-refractivity contribution < 1.29 is 19.1 Å². The molecule has 0 unspecified atom stereocenters. The number of rotatable bonds is 6. The molecule has 0 radical (unpaired) electrons. The fourth-order valence-corrected chi connectivity index (χ4v) is 3.14. The molecule has 0 aliphatic rings. The Balaban J connectivity index is 1.56. The number of tetrazole rings is 1. The highest BCUT2D eigenvalue weighted by atomic mass is 16.6. The fourth-order valence-electron chi connectivity index (χ4n) is 3.14. The molecule has 4 rings (SSSR count). The van der Waals surface area contributed by atoms with Crippen molar-refractivity contribution in [2.45, 2.75) is 45.6 Å². The van der Waals surface area contributed by atoms with Crippen LogP contribution in [0.2, 0.25) is 0 Å². The Labute approximate surface area is 183 Å². The van der Waals surface area contributed by atoms with E-state index in [1.54, 1.807) is 37.6 Å². The molecular formula is C21H23N7O4. The maximum Gasteiger partial charge on any atom is 0.408 e. The molecule has 1 aromatic carbocycles. The van der Waals surface area contributed by atoms with Gasteiger partial charge in [0, 0.05) is 6.20 Å². The lowest BCUT2D eigenvalue weighted by atomic mass is 10.2. The number of fused-ring (bicyclic) bond motifs is 3. The molecule has 1 N–H and O–H groups in total. The lowest BCUT2D eigenvalue weighted by Crippen LogP contribution is -2.46. The third-order valence-corrected chi connectivity index (χ3v) is 4.54. The molecule has 0 aliphatic heterocycles. The second kappa shape index (κ2) is 8.61. The van der Waals surface area contributed by atoms with Crippen molar-refractivity contribution in [1.82, 2.24) is 34.9 Å². The van der Waals surface area contributed by atoms with Gasteiger partial charge in [-0.15, -0.1) is 5.10 Å². The first-order valence-corrected chi connectivity index (χ1v) is 10.0. The zero-order valence-electron chi connectivity index (χ0n) is 17.9. The molecule has 0 bridgehead atoms. The lowest BCUT2D eigenvalue weighted by molar-refractivity contribution is -0.147. The quantitative estimate of drug-likeness (QED) is 0.455. The topological polar surface area (TPSA) is 126 Å². The number of benzene rings is 1. The van der Waals surface area contributed by atoms with Crippen molar-refractivity contribution in [2.24, 2.45) is 0 Å². The molecular weight excluding hydrogens is 414 g/mol. The first-order valence-electron chi connectivity index (χ1n) is 10.0. The number of hydrogen-bond acceptors (Lipinski definition) is 8. The summed E-state index contributed by atoms with van der Waals surface area (Å²) in [5, 5.41) is 14.8. The predicted molar refractivity (Wildman–Crippen MR) is 113 cm³/mol. The van der Waals surface area contributed by atoms with Gasteiger partial charge in [0.05, 0.1) is 11.9 Å². The maximum absolute atomic E-state index is 12.9. The average Bonchev–Trinajstić information content (AvgIpc) is 3.37. The molecule has 0 saturated carbocycles. The zero-order chi connectivity index (χ0) is 22.7. The van der Waals surface area contributed by atoms with Gasteiger partial charge in [-0.1, -0.05) is 30.3 Å². The number of alkyl carbamates (subject to hydrolysis) is 1. The Kier molecular flexibility index (Phi) is 5.71. The first kappa shape index (κ1) is 21.2. The van der Waals surface area contributed by atoms with E-state index >= 15 is 0 Å². The minimum atomic E-state index is -1.00. The molecule has 3 aromatic heterocycles. The number of amides is 1. The predicted octanol–water partition coefficient (Wildman–Crippen LogP) is 2.11. The van der Waals surface area contributed by atoms with E-state index in [0.717, 1.165) is 5.56 Å². The third-order valence-electron chi connectivity index (χ3n) is 4.54. The van der Waals surface area contributed by atoms with Crippen molar-refractivity contribution in [1.29, 1.82) is 0 Å². The van der Waals surface area contributed by atoms with Crippen LogP contribution in [0.1, 0.15) is 26.3 Å². The van der Waals surface area contributed by atoms with Gasteiger partial charge in [-0.05, 0) is 42.8 Å². The van der Waals surface area contributed by atoms with Crippen LogP contribution in [0, 0.1) is 0 Å². The van der Waals surface area contributed by atoms with Crippen LogP contribution in [0.15, 0.2) is 48.9 Å². The van der Waals surface area contributed by atoms with E-state index < -0.39 is 23.7 Å². The molecule has 0 saturated heterocycles. The van der Waals surface area contributed by atoms with E-state index in [0.29, 0.717) is 16.7 Å². The van der Waals surface area contributed by atoms with Crippen LogP contribution in [0.3, 0.4) is 0 Å². The van der Waals surface area contributed by atoms with Crippen LogP contribution in [0.25, 0.3) is 16.7 Å². The Morgan fingerprint density at radius 3 is 2.66 bits per heavy atom. The maximum atomic E-state index is 12.9. The summed E-state index contributed by atoms with van der Waals surface area (Å²) in [7, 11) is 0. The van der Waals surface area contributed by atoms with E-state index in [9.17, 15) is 9.59 Å². The van der Waals surface area contributed by atoms with Crippen LogP contribution in [0.4, 0.5) is 4.79 Å². The first-order chi connectivity index (χ1) is 15.3. The van der Waals surface area contributed by atoms with Gasteiger partial charge in [0.2, 0.25) is 0 Å². The van der Waals surface area contributed by atoms with Crippen molar-refractivity contribution in [3.63, 3.8) is 0 Å². The van der Waals surface area contributed by atoms with Gasteiger partial charge in [0.15, 0.2) is 5.65 Å². The van der Waals surface area contributed by atoms with Gasteiger partial charge in [0.1, 0.15) is 30.2 Å². The number of carbonyl (C=O) groups excluding carboxylic acids is 2. The minimum absolute atomic E-state index is 0.0844. The molecule has 11 nitrogen and oxygen atoms in total. The molecule has 0 aliphatic carbocycles. The van der Waals surface area contributed by atoms with Gasteiger partial charge in [-0.25, -0.2) is 14.6 Å². The highest BCUT2D eigenvalue weighted by Gasteiger charge is 2.27. The van der Waals surface area contributed by atoms with E-state index in [2.05, 4.69) is 25.8 Å². The van der Waals surface area contributed by atoms with E-state index in [4.69, 9.17) is 9.47 Å². The molecule has 1 atom stereocenters. The molecule has 11 heteroatoms. The summed E-state index contributed by atoms with van der Waals surface area (Å²) < 4.78 is 14.0. The Hall–Kier alpha value is -4.02. The number of esters is 1. The number of nitrogens with one attached hydrogen (secondary N) is 1. The minimum Gasteiger partial charge on any atom is -0.459 e. The van der Waals surface area contributed by atoms with Gasteiger partial charge in [0.25, 0.3) is 0 Å². The Bertz CT molecular complexity index is 1240. The van der Waals surface area contributed by atoms with Crippen LogP contribution in [-0.2, 0) is 27.4 Å². The van der Waals surface area contributed by atoms with Crippen LogP contribution < -0.4 is 5.32 Å². The third kappa shape index (κ3) is 4.82. The van der Waals surface area contributed by atoms with E-state index in [1.165, 1.54) is 10.8 Å². The lowest BCUT2D eigenvalue weighted by Gasteiger charge is -2.23. The highest BCUT2D eigenvalue weighted by molar-refractivity contribution is 5.89. The fraction of sp³-hybridized carbons (Fsp3) is 0.333. The van der Waals surface area contributed by atoms with Crippen molar-refractivity contribution in [3.8, 4) is 0 Å². The van der Waals surface area contributed by atoms with Crippen LogP contribution >= 0.6 is 0 Å². The molecule has 0 spiro atoms. The highest BCUT2D eigenvalue weighted by Crippen LogP contribution is 2.18. The number of nitrogens with zero attached hydrogens (tertiary/aromatic N) is 6.